The molecule has 0 aliphatic heterocycles. The highest BCUT2D eigenvalue weighted by atomic mass is 16.5. The Morgan fingerprint density at radius 3 is 2.74 bits per heavy atom. The van der Waals surface area contributed by atoms with Gasteiger partial charge in [0.1, 0.15) is 18.7 Å². The van der Waals surface area contributed by atoms with Gasteiger partial charge in [0.2, 0.25) is 0 Å². The lowest BCUT2D eigenvalue weighted by Gasteiger charge is -2.13. The number of aryl methyl sites for hydroxylation is 1. The molecule has 0 aliphatic rings. The highest BCUT2D eigenvalue weighted by Gasteiger charge is 2.03. The van der Waals surface area contributed by atoms with Crippen molar-refractivity contribution < 1.29 is 4.74 Å². The number of aliphatic imine (C=N–C) groups is 1. The molecule has 0 aliphatic carbocycles. The lowest BCUT2D eigenvalue weighted by Crippen LogP contribution is -2.38. The van der Waals surface area contributed by atoms with Crippen LogP contribution in [0.3, 0.4) is 0 Å². The van der Waals surface area contributed by atoms with Crippen LogP contribution in [0.4, 0.5) is 0 Å². The van der Waals surface area contributed by atoms with Crippen molar-refractivity contribution in [1.29, 1.82) is 0 Å². The van der Waals surface area contributed by atoms with E-state index < -0.39 is 0 Å². The lowest BCUT2D eigenvalue weighted by molar-refractivity contribution is 0.322. The van der Waals surface area contributed by atoms with Gasteiger partial charge in [0, 0.05) is 19.2 Å². The number of hydrogen-bond acceptors (Lipinski definition) is 4. The van der Waals surface area contributed by atoms with Gasteiger partial charge < -0.3 is 15.4 Å². The van der Waals surface area contributed by atoms with Crippen molar-refractivity contribution in [3.8, 4) is 17.1 Å². The molecule has 0 bridgehead atoms. The topological polar surface area (TPSA) is 87.2 Å². The van der Waals surface area contributed by atoms with Gasteiger partial charge in [-0.1, -0.05) is 35.9 Å². The molecular weight excluding hydrogens is 340 g/mol. The van der Waals surface area contributed by atoms with Crippen LogP contribution in [0.25, 0.3) is 11.4 Å². The molecule has 3 rings (SSSR count). The van der Waals surface area contributed by atoms with Gasteiger partial charge in [-0.15, -0.1) is 0 Å². The number of guanidine groups is 1. The van der Waals surface area contributed by atoms with E-state index in [1.54, 1.807) is 7.05 Å². The second-order valence-electron chi connectivity index (χ2n) is 6.05. The first-order valence-electron chi connectivity index (χ1n) is 8.83. The highest BCUT2D eigenvalue weighted by molar-refractivity contribution is 5.79. The number of aromatic amines is 1. The van der Waals surface area contributed by atoms with Crippen molar-refractivity contribution in [2.24, 2.45) is 4.99 Å². The van der Waals surface area contributed by atoms with Crippen molar-refractivity contribution in [2.75, 3.05) is 20.2 Å². The molecular formula is C20H24N6O. The Labute approximate surface area is 158 Å². The van der Waals surface area contributed by atoms with Crippen molar-refractivity contribution in [3.05, 3.63) is 66.0 Å². The maximum Gasteiger partial charge on any atom is 0.191 e. The molecule has 140 valence electrons. The van der Waals surface area contributed by atoms with E-state index in [1.165, 1.54) is 11.9 Å². The number of hydrogen-bond donors (Lipinski definition) is 3. The van der Waals surface area contributed by atoms with Gasteiger partial charge in [0.15, 0.2) is 11.8 Å². The summed E-state index contributed by atoms with van der Waals surface area (Å²) in [6.07, 6.45) is 1.50. The summed E-state index contributed by atoms with van der Waals surface area (Å²) in [6.45, 7) is 3.93. The summed E-state index contributed by atoms with van der Waals surface area (Å²) in [5.41, 5.74) is 3.35. The molecule has 3 aromatic rings. The molecule has 1 aromatic heterocycles. The summed E-state index contributed by atoms with van der Waals surface area (Å²) in [7, 11) is 1.75. The minimum atomic E-state index is 0.560. The first kappa shape index (κ1) is 18.4. The van der Waals surface area contributed by atoms with E-state index in [0.717, 1.165) is 28.7 Å². The predicted octanol–water partition coefficient (Wildman–Crippen LogP) is 2.52. The van der Waals surface area contributed by atoms with Gasteiger partial charge in [-0.05, 0) is 30.7 Å². The van der Waals surface area contributed by atoms with E-state index in [-0.39, 0.29) is 0 Å². The van der Waals surface area contributed by atoms with E-state index in [4.69, 9.17) is 4.74 Å². The fraction of sp³-hybridized carbons (Fsp3) is 0.250. The number of benzene rings is 2. The zero-order valence-electron chi connectivity index (χ0n) is 15.6. The third-order valence-electron chi connectivity index (χ3n) is 3.98. The number of nitrogens with zero attached hydrogens (tertiary/aromatic N) is 3. The van der Waals surface area contributed by atoms with Crippen molar-refractivity contribution in [1.82, 2.24) is 25.8 Å². The van der Waals surface area contributed by atoms with Crippen molar-refractivity contribution >= 4 is 5.96 Å². The third kappa shape index (κ3) is 5.57. The molecule has 27 heavy (non-hydrogen) atoms. The molecule has 2 aromatic carbocycles. The smallest absolute Gasteiger partial charge is 0.191 e. The zero-order chi connectivity index (χ0) is 18.9. The number of rotatable bonds is 7. The van der Waals surface area contributed by atoms with Crippen LogP contribution in [0.15, 0.2) is 59.9 Å². The van der Waals surface area contributed by atoms with Gasteiger partial charge in [-0.2, -0.15) is 5.10 Å². The second-order valence-corrected chi connectivity index (χ2v) is 6.05. The van der Waals surface area contributed by atoms with Crippen molar-refractivity contribution in [3.63, 3.8) is 0 Å². The van der Waals surface area contributed by atoms with E-state index in [1.807, 2.05) is 36.4 Å². The summed E-state index contributed by atoms with van der Waals surface area (Å²) >= 11 is 0. The Morgan fingerprint density at radius 1 is 1.15 bits per heavy atom. The van der Waals surface area contributed by atoms with Crippen LogP contribution in [0, 0.1) is 6.92 Å². The molecule has 0 unspecified atom stereocenters. The normalized spacial score (nSPS) is 11.3. The predicted molar refractivity (Wildman–Crippen MR) is 107 cm³/mol. The van der Waals surface area contributed by atoms with Crippen LogP contribution < -0.4 is 15.4 Å². The van der Waals surface area contributed by atoms with Crippen LogP contribution in [0.1, 0.15) is 11.1 Å². The summed E-state index contributed by atoms with van der Waals surface area (Å²) in [6, 6.07) is 16.2. The van der Waals surface area contributed by atoms with E-state index in [9.17, 15) is 0 Å². The van der Waals surface area contributed by atoms with E-state index in [0.29, 0.717) is 19.7 Å². The molecule has 0 radical (unpaired) electrons. The molecule has 0 fully saturated rings. The van der Waals surface area contributed by atoms with Gasteiger partial charge in [0.25, 0.3) is 0 Å². The molecule has 0 spiro atoms. The van der Waals surface area contributed by atoms with Crippen LogP contribution >= 0.6 is 0 Å². The Kier molecular flexibility index (Phi) is 6.40. The van der Waals surface area contributed by atoms with Gasteiger partial charge >= 0.3 is 0 Å². The maximum absolute atomic E-state index is 5.71. The number of ether oxygens (including phenoxy) is 1. The minimum Gasteiger partial charge on any atom is -0.492 e. The molecule has 0 saturated carbocycles. The van der Waals surface area contributed by atoms with E-state index >= 15 is 0 Å². The number of H-pyrrole nitrogens is 1. The van der Waals surface area contributed by atoms with Gasteiger partial charge in [0.05, 0.1) is 6.54 Å². The molecule has 0 saturated heterocycles. The number of aromatic nitrogens is 3. The summed E-state index contributed by atoms with van der Waals surface area (Å²) in [5, 5.41) is 13.3. The van der Waals surface area contributed by atoms with Crippen LogP contribution in [-0.4, -0.2) is 41.3 Å². The summed E-state index contributed by atoms with van der Waals surface area (Å²) in [5.74, 6) is 2.36. The Morgan fingerprint density at radius 2 is 2.00 bits per heavy atom. The molecule has 3 N–H and O–H groups in total. The first-order chi connectivity index (χ1) is 13.2. The van der Waals surface area contributed by atoms with Crippen LogP contribution in [-0.2, 0) is 6.54 Å². The molecule has 0 amide bonds. The third-order valence-corrected chi connectivity index (χ3v) is 3.98. The van der Waals surface area contributed by atoms with Gasteiger partial charge in [-0.3, -0.25) is 10.1 Å². The van der Waals surface area contributed by atoms with Gasteiger partial charge in [-0.25, -0.2) is 4.98 Å². The van der Waals surface area contributed by atoms with E-state index in [2.05, 4.69) is 49.9 Å². The van der Waals surface area contributed by atoms with Crippen LogP contribution in [0.2, 0.25) is 0 Å². The monoisotopic (exact) mass is 364 g/mol. The van der Waals surface area contributed by atoms with Crippen molar-refractivity contribution in [2.45, 2.75) is 13.5 Å². The summed E-state index contributed by atoms with van der Waals surface area (Å²) in [4.78, 5) is 8.42. The molecule has 7 nitrogen and oxygen atoms in total. The van der Waals surface area contributed by atoms with Crippen LogP contribution in [0.5, 0.6) is 5.75 Å². The zero-order valence-corrected chi connectivity index (χ0v) is 15.6. The lowest BCUT2D eigenvalue weighted by atomic mass is 10.1. The average Bonchev–Trinajstić information content (AvgIpc) is 3.24. The largest absolute Gasteiger partial charge is 0.492 e. The quantitative estimate of drug-likeness (QED) is 0.341. The number of nitrogens with one attached hydrogen (secondary N) is 3. The fourth-order valence-corrected chi connectivity index (χ4v) is 2.55. The summed E-state index contributed by atoms with van der Waals surface area (Å²) < 4.78 is 5.71. The Balaban J connectivity index is 1.44. The maximum atomic E-state index is 5.71. The molecule has 0 atom stereocenters. The average molecular weight is 364 g/mol. The molecule has 7 heteroatoms. The Hall–Kier alpha value is -3.35. The second kappa shape index (κ2) is 9.38. The fourth-order valence-electron chi connectivity index (χ4n) is 2.55. The standard InChI is InChI=1S/C20H24N6O/c1-15-6-8-18(9-7-15)27-11-10-22-20(21-2)23-13-16-4-3-5-17(12-16)19-24-14-25-26-19/h3-9,12,14H,10-11,13H2,1-2H3,(H2,21,22,23)(H,24,25,26). The minimum absolute atomic E-state index is 0.560. The highest BCUT2D eigenvalue weighted by Crippen LogP contribution is 2.15. The SMILES string of the molecule is CN=C(NCCOc1ccc(C)cc1)NCc1cccc(-c2ncn[nH]2)c1. The molecule has 1 heterocycles. The Bertz CT molecular complexity index is 858. The first-order valence-corrected chi connectivity index (χ1v) is 8.83.